The van der Waals surface area contributed by atoms with Gasteiger partial charge < -0.3 is 11.1 Å². The molecule has 2 aromatic rings. The van der Waals surface area contributed by atoms with Gasteiger partial charge in [-0.1, -0.05) is 6.07 Å². The van der Waals surface area contributed by atoms with Gasteiger partial charge in [-0.25, -0.2) is 9.37 Å². The standard InChI is InChI=1S/C12H10FN3O/c13-10-7-8(14)4-5-9(10)12(17)16-11-3-1-2-6-15-11/h1-7H,14H2,(H,15,16,17). The number of anilines is 2. The number of hydrogen-bond acceptors (Lipinski definition) is 3. The molecular formula is C12H10FN3O. The summed E-state index contributed by atoms with van der Waals surface area (Å²) in [4.78, 5) is 15.6. The van der Waals surface area contributed by atoms with Gasteiger partial charge in [0, 0.05) is 11.9 Å². The second-order valence-electron chi connectivity index (χ2n) is 3.41. The lowest BCUT2D eigenvalue weighted by molar-refractivity contribution is 0.102. The van der Waals surface area contributed by atoms with Gasteiger partial charge in [0.25, 0.3) is 5.91 Å². The molecule has 0 saturated carbocycles. The van der Waals surface area contributed by atoms with E-state index in [1.54, 1.807) is 18.2 Å². The minimum Gasteiger partial charge on any atom is -0.399 e. The molecule has 17 heavy (non-hydrogen) atoms. The molecule has 4 nitrogen and oxygen atoms in total. The molecule has 1 aromatic carbocycles. The fourth-order valence-corrected chi connectivity index (χ4v) is 1.34. The first-order valence-corrected chi connectivity index (χ1v) is 4.94. The summed E-state index contributed by atoms with van der Waals surface area (Å²) in [6.07, 6.45) is 1.54. The summed E-state index contributed by atoms with van der Waals surface area (Å²) in [7, 11) is 0. The molecule has 0 unspecified atom stereocenters. The number of pyridine rings is 1. The van der Waals surface area contributed by atoms with Crippen molar-refractivity contribution >= 4 is 17.4 Å². The lowest BCUT2D eigenvalue weighted by Crippen LogP contribution is -2.14. The van der Waals surface area contributed by atoms with Crippen molar-refractivity contribution in [1.29, 1.82) is 0 Å². The maximum absolute atomic E-state index is 13.4. The van der Waals surface area contributed by atoms with E-state index in [9.17, 15) is 9.18 Å². The average Bonchev–Trinajstić information content (AvgIpc) is 2.30. The Balaban J connectivity index is 2.21. The Morgan fingerprint density at radius 3 is 2.76 bits per heavy atom. The normalized spacial score (nSPS) is 9.94. The Labute approximate surface area is 97.3 Å². The molecule has 0 bridgehead atoms. The molecular weight excluding hydrogens is 221 g/mol. The maximum atomic E-state index is 13.4. The monoisotopic (exact) mass is 231 g/mol. The first kappa shape index (κ1) is 11.1. The zero-order chi connectivity index (χ0) is 12.3. The SMILES string of the molecule is Nc1ccc(C(=O)Nc2ccccn2)c(F)c1. The summed E-state index contributed by atoms with van der Waals surface area (Å²) in [5, 5.41) is 2.49. The summed E-state index contributed by atoms with van der Waals surface area (Å²) >= 11 is 0. The first-order chi connectivity index (χ1) is 8.16. The molecule has 3 N–H and O–H groups in total. The van der Waals surface area contributed by atoms with Gasteiger partial charge in [-0.3, -0.25) is 4.79 Å². The molecule has 0 saturated heterocycles. The molecule has 2 rings (SSSR count). The Hall–Kier alpha value is -2.43. The number of amides is 1. The van der Waals surface area contributed by atoms with Gasteiger partial charge in [-0.15, -0.1) is 0 Å². The van der Waals surface area contributed by atoms with Gasteiger partial charge in [0.15, 0.2) is 0 Å². The van der Waals surface area contributed by atoms with Crippen LogP contribution in [0.5, 0.6) is 0 Å². The van der Waals surface area contributed by atoms with E-state index in [1.807, 2.05) is 0 Å². The molecule has 0 aliphatic rings. The van der Waals surface area contributed by atoms with Crippen LogP contribution in [0.25, 0.3) is 0 Å². The van der Waals surface area contributed by atoms with Crippen molar-refractivity contribution in [2.45, 2.75) is 0 Å². The second kappa shape index (κ2) is 4.61. The molecule has 0 radical (unpaired) electrons. The molecule has 0 spiro atoms. The van der Waals surface area contributed by atoms with E-state index in [1.165, 1.54) is 18.3 Å². The number of rotatable bonds is 2. The molecule has 5 heteroatoms. The molecule has 1 aromatic heterocycles. The van der Waals surface area contributed by atoms with Crippen molar-refractivity contribution in [3.05, 3.63) is 54.0 Å². The summed E-state index contributed by atoms with van der Waals surface area (Å²) < 4.78 is 13.4. The number of nitrogen functional groups attached to an aromatic ring is 1. The summed E-state index contributed by atoms with van der Waals surface area (Å²) in [5.74, 6) is -0.839. The van der Waals surface area contributed by atoms with Crippen LogP contribution in [-0.4, -0.2) is 10.9 Å². The van der Waals surface area contributed by atoms with Gasteiger partial charge in [0.1, 0.15) is 11.6 Å². The van der Waals surface area contributed by atoms with Crippen LogP contribution in [0, 0.1) is 5.82 Å². The average molecular weight is 231 g/mol. The minimum absolute atomic E-state index is 0.0650. The number of hydrogen-bond donors (Lipinski definition) is 2. The Morgan fingerprint density at radius 2 is 2.12 bits per heavy atom. The van der Waals surface area contributed by atoms with Crippen LogP contribution >= 0.6 is 0 Å². The highest BCUT2D eigenvalue weighted by Crippen LogP contribution is 2.13. The van der Waals surface area contributed by atoms with Crippen molar-refractivity contribution in [2.24, 2.45) is 0 Å². The summed E-state index contributed by atoms with van der Waals surface area (Å²) in [6, 6.07) is 8.97. The number of carbonyl (C=O) groups excluding carboxylic acids is 1. The molecule has 0 fully saturated rings. The number of benzene rings is 1. The van der Waals surface area contributed by atoms with Crippen molar-refractivity contribution in [3.8, 4) is 0 Å². The zero-order valence-electron chi connectivity index (χ0n) is 8.85. The van der Waals surface area contributed by atoms with Crippen molar-refractivity contribution in [1.82, 2.24) is 4.98 Å². The maximum Gasteiger partial charge on any atom is 0.259 e. The van der Waals surface area contributed by atoms with Gasteiger partial charge in [-0.2, -0.15) is 0 Å². The molecule has 86 valence electrons. The predicted molar refractivity (Wildman–Crippen MR) is 63.0 cm³/mol. The van der Waals surface area contributed by atoms with E-state index in [-0.39, 0.29) is 11.3 Å². The van der Waals surface area contributed by atoms with Crippen LogP contribution < -0.4 is 11.1 Å². The first-order valence-electron chi connectivity index (χ1n) is 4.94. The minimum atomic E-state index is -0.654. The van der Waals surface area contributed by atoms with Crippen LogP contribution in [0.2, 0.25) is 0 Å². The lowest BCUT2D eigenvalue weighted by atomic mass is 10.2. The quantitative estimate of drug-likeness (QED) is 0.777. The van der Waals surface area contributed by atoms with Crippen LogP contribution in [0.15, 0.2) is 42.6 Å². The summed E-state index contributed by atoms with van der Waals surface area (Å²) in [6.45, 7) is 0. The third-order valence-corrected chi connectivity index (χ3v) is 2.14. The van der Waals surface area contributed by atoms with E-state index in [0.29, 0.717) is 5.82 Å². The smallest absolute Gasteiger partial charge is 0.259 e. The van der Waals surface area contributed by atoms with Crippen LogP contribution in [0.1, 0.15) is 10.4 Å². The van der Waals surface area contributed by atoms with E-state index in [0.717, 1.165) is 6.07 Å². The fraction of sp³-hybridized carbons (Fsp3) is 0. The van der Waals surface area contributed by atoms with Gasteiger partial charge in [0.05, 0.1) is 5.56 Å². The van der Waals surface area contributed by atoms with E-state index in [4.69, 9.17) is 5.73 Å². The van der Waals surface area contributed by atoms with Gasteiger partial charge in [-0.05, 0) is 30.3 Å². The number of nitrogens with one attached hydrogen (secondary N) is 1. The highest BCUT2D eigenvalue weighted by molar-refractivity contribution is 6.04. The van der Waals surface area contributed by atoms with Crippen LogP contribution in [-0.2, 0) is 0 Å². The van der Waals surface area contributed by atoms with Crippen molar-refractivity contribution < 1.29 is 9.18 Å². The highest BCUT2D eigenvalue weighted by atomic mass is 19.1. The van der Waals surface area contributed by atoms with Crippen molar-refractivity contribution in [2.75, 3.05) is 11.1 Å². The largest absolute Gasteiger partial charge is 0.399 e. The predicted octanol–water partition coefficient (Wildman–Crippen LogP) is 2.06. The zero-order valence-corrected chi connectivity index (χ0v) is 8.85. The number of halogens is 1. The Morgan fingerprint density at radius 1 is 1.29 bits per heavy atom. The number of nitrogens with two attached hydrogens (primary N) is 1. The molecule has 0 aliphatic carbocycles. The molecule has 1 amide bonds. The Bertz CT molecular complexity index is 543. The van der Waals surface area contributed by atoms with Crippen LogP contribution in [0.4, 0.5) is 15.9 Å². The molecule has 0 aliphatic heterocycles. The topological polar surface area (TPSA) is 68.0 Å². The van der Waals surface area contributed by atoms with E-state index < -0.39 is 11.7 Å². The van der Waals surface area contributed by atoms with E-state index >= 15 is 0 Å². The Kier molecular flexibility index (Phi) is 3.00. The van der Waals surface area contributed by atoms with Gasteiger partial charge in [0.2, 0.25) is 0 Å². The third-order valence-electron chi connectivity index (χ3n) is 2.14. The third kappa shape index (κ3) is 2.57. The van der Waals surface area contributed by atoms with Crippen molar-refractivity contribution in [3.63, 3.8) is 0 Å². The number of nitrogens with zero attached hydrogens (tertiary/aromatic N) is 1. The van der Waals surface area contributed by atoms with Gasteiger partial charge >= 0.3 is 0 Å². The molecule has 1 heterocycles. The fourth-order valence-electron chi connectivity index (χ4n) is 1.34. The number of aromatic nitrogens is 1. The van der Waals surface area contributed by atoms with Crippen LogP contribution in [0.3, 0.4) is 0 Å². The van der Waals surface area contributed by atoms with E-state index in [2.05, 4.69) is 10.3 Å². The number of carbonyl (C=O) groups is 1. The lowest BCUT2D eigenvalue weighted by Gasteiger charge is -2.05. The second-order valence-corrected chi connectivity index (χ2v) is 3.41. The molecule has 0 atom stereocenters. The highest BCUT2D eigenvalue weighted by Gasteiger charge is 2.12. The summed E-state index contributed by atoms with van der Waals surface area (Å²) in [5.41, 5.74) is 5.61.